The van der Waals surface area contributed by atoms with Crippen LogP contribution >= 0.6 is 11.6 Å². The summed E-state index contributed by atoms with van der Waals surface area (Å²) in [6, 6.07) is 13.2. The van der Waals surface area contributed by atoms with Crippen LogP contribution in [-0.2, 0) is 4.79 Å². The maximum Gasteiger partial charge on any atom is 0.262 e. The van der Waals surface area contributed by atoms with Crippen molar-refractivity contribution in [3.05, 3.63) is 64.7 Å². The predicted molar refractivity (Wildman–Crippen MR) is 106 cm³/mol. The van der Waals surface area contributed by atoms with Gasteiger partial charge in [0.25, 0.3) is 11.8 Å². The third-order valence-electron chi connectivity index (χ3n) is 3.87. The van der Waals surface area contributed by atoms with E-state index in [4.69, 9.17) is 16.3 Å². The molecule has 0 radical (unpaired) electrons. The summed E-state index contributed by atoms with van der Waals surface area (Å²) >= 11 is 6.04. The standard InChI is InChI=1S/C20H22ClN3O3/c1-13(2)18(23-19(25)15-9-5-6-10-16(15)21)20(26)24-22-12-14-8-4-7-11-17(14)27-3/h4-13,18H,1-3H3,(H,23,25)(H,24,26)/b22-12-. The van der Waals surface area contributed by atoms with Gasteiger partial charge >= 0.3 is 0 Å². The summed E-state index contributed by atoms with van der Waals surface area (Å²) in [6.45, 7) is 3.67. The molecule has 1 atom stereocenters. The van der Waals surface area contributed by atoms with Crippen LogP contribution in [0.3, 0.4) is 0 Å². The minimum Gasteiger partial charge on any atom is -0.496 e. The Bertz CT molecular complexity index is 837. The van der Waals surface area contributed by atoms with E-state index in [0.29, 0.717) is 16.3 Å². The fraction of sp³-hybridized carbons (Fsp3) is 0.250. The number of carbonyl (C=O) groups excluding carboxylic acids is 2. The lowest BCUT2D eigenvalue weighted by molar-refractivity contribution is -0.123. The molecule has 0 fully saturated rings. The molecule has 2 rings (SSSR count). The highest BCUT2D eigenvalue weighted by atomic mass is 35.5. The van der Waals surface area contributed by atoms with Crippen LogP contribution in [0.4, 0.5) is 0 Å². The summed E-state index contributed by atoms with van der Waals surface area (Å²) in [5.74, 6) is -0.333. The molecule has 2 amide bonds. The van der Waals surface area contributed by atoms with E-state index in [1.807, 2.05) is 32.0 Å². The molecule has 0 heterocycles. The second-order valence-corrected chi connectivity index (χ2v) is 6.56. The van der Waals surface area contributed by atoms with Crippen LogP contribution < -0.4 is 15.5 Å². The molecule has 2 aromatic rings. The molecule has 0 aromatic heterocycles. The average molecular weight is 388 g/mol. The molecule has 27 heavy (non-hydrogen) atoms. The molecule has 0 aliphatic carbocycles. The quantitative estimate of drug-likeness (QED) is 0.565. The van der Waals surface area contributed by atoms with E-state index in [1.54, 1.807) is 37.4 Å². The number of ether oxygens (including phenoxy) is 1. The normalized spacial score (nSPS) is 12.0. The molecule has 0 saturated carbocycles. The van der Waals surface area contributed by atoms with Gasteiger partial charge in [-0.25, -0.2) is 5.43 Å². The van der Waals surface area contributed by atoms with Crippen molar-refractivity contribution in [1.82, 2.24) is 10.7 Å². The molecule has 7 heteroatoms. The molecule has 0 bridgehead atoms. The highest BCUT2D eigenvalue weighted by Crippen LogP contribution is 2.16. The molecule has 1 unspecified atom stereocenters. The maximum absolute atomic E-state index is 12.5. The molecule has 2 N–H and O–H groups in total. The Morgan fingerprint density at radius 3 is 2.44 bits per heavy atom. The summed E-state index contributed by atoms with van der Waals surface area (Å²) in [7, 11) is 1.56. The topological polar surface area (TPSA) is 79.8 Å². The molecule has 0 spiro atoms. The lowest BCUT2D eigenvalue weighted by atomic mass is 10.0. The molecule has 0 aliphatic heterocycles. The first-order valence-corrected chi connectivity index (χ1v) is 8.83. The SMILES string of the molecule is COc1ccccc1/C=N\NC(=O)C(NC(=O)c1ccccc1Cl)C(C)C. The minimum atomic E-state index is -0.761. The van der Waals surface area contributed by atoms with Gasteiger partial charge in [-0.05, 0) is 30.2 Å². The van der Waals surface area contributed by atoms with Gasteiger partial charge in [-0.1, -0.05) is 49.7 Å². The molecule has 0 saturated heterocycles. The Hall–Kier alpha value is -2.86. The fourth-order valence-electron chi connectivity index (χ4n) is 2.41. The van der Waals surface area contributed by atoms with Gasteiger partial charge in [0.05, 0.1) is 23.9 Å². The van der Waals surface area contributed by atoms with Crippen molar-refractivity contribution in [3.8, 4) is 5.75 Å². The summed E-state index contributed by atoms with van der Waals surface area (Å²) in [5.41, 5.74) is 3.50. The van der Waals surface area contributed by atoms with Crippen molar-refractivity contribution in [2.24, 2.45) is 11.0 Å². The molecule has 0 aliphatic rings. The first kappa shape index (κ1) is 20.5. The highest BCUT2D eigenvalue weighted by molar-refractivity contribution is 6.33. The molecule has 6 nitrogen and oxygen atoms in total. The van der Waals surface area contributed by atoms with Crippen molar-refractivity contribution in [1.29, 1.82) is 0 Å². The number of halogens is 1. The Morgan fingerprint density at radius 2 is 1.78 bits per heavy atom. The predicted octanol–water partition coefficient (Wildman–Crippen LogP) is 3.25. The van der Waals surface area contributed by atoms with Crippen molar-refractivity contribution in [2.75, 3.05) is 7.11 Å². The minimum absolute atomic E-state index is 0.141. The number of hydrogen-bond acceptors (Lipinski definition) is 4. The Morgan fingerprint density at radius 1 is 1.11 bits per heavy atom. The monoisotopic (exact) mass is 387 g/mol. The van der Waals surface area contributed by atoms with Crippen molar-refractivity contribution in [2.45, 2.75) is 19.9 Å². The van der Waals surface area contributed by atoms with E-state index in [2.05, 4.69) is 15.8 Å². The van der Waals surface area contributed by atoms with Crippen molar-refractivity contribution < 1.29 is 14.3 Å². The van der Waals surface area contributed by atoms with Gasteiger partial charge in [0.1, 0.15) is 11.8 Å². The number of hydrogen-bond donors (Lipinski definition) is 2. The Balaban J connectivity index is 2.05. The van der Waals surface area contributed by atoms with E-state index < -0.39 is 17.9 Å². The van der Waals surface area contributed by atoms with Crippen LogP contribution in [0.2, 0.25) is 5.02 Å². The van der Waals surface area contributed by atoms with E-state index in [-0.39, 0.29) is 5.92 Å². The zero-order valence-corrected chi connectivity index (χ0v) is 16.2. The summed E-state index contributed by atoms with van der Waals surface area (Å²) in [6.07, 6.45) is 1.49. The van der Waals surface area contributed by atoms with Gasteiger partial charge in [0, 0.05) is 5.56 Å². The zero-order valence-electron chi connectivity index (χ0n) is 15.4. The number of para-hydroxylation sites is 1. The number of nitrogens with zero attached hydrogens (tertiary/aromatic N) is 1. The average Bonchev–Trinajstić information content (AvgIpc) is 2.66. The van der Waals surface area contributed by atoms with Crippen LogP contribution in [0.15, 0.2) is 53.6 Å². The van der Waals surface area contributed by atoms with Gasteiger partial charge in [-0.3, -0.25) is 9.59 Å². The lowest BCUT2D eigenvalue weighted by Gasteiger charge is -2.20. The number of amides is 2. The fourth-order valence-corrected chi connectivity index (χ4v) is 2.63. The zero-order chi connectivity index (χ0) is 19.8. The highest BCUT2D eigenvalue weighted by Gasteiger charge is 2.25. The third kappa shape index (κ3) is 5.56. The van der Waals surface area contributed by atoms with Crippen molar-refractivity contribution >= 4 is 29.6 Å². The summed E-state index contributed by atoms with van der Waals surface area (Å²) in [4.78, 5) is 24.9. The molecular weight excluding hydrogens is 366 g/mol. The van der Waals surface area contributed by atoms with Crippen LogP contribution in [-0.4, -0.2) is 31.2 Å². The third-order valence-corrected chi connectivity index (χ3v) is 4.20. The van der Waals surface area contributed by atoms with Gasteiger partial charge in [-0.2, -0.15) is 5.10 Å². The second-order valence-electron chi connectivity index (χ2n) is 6.15. The smallest absolute Gasteiger partial charge is 0.262 e. The Kier molecular flexibility index (Phi) is 7.37. The van der Waals surface area contributed by atoms with Gasteiger partial charge in [-0.15, -0.1) is 0 Å². The number of hydrazone groups is 1. The lowest BCUT2D eigenvalue weighted by Crippen LogP contribution is -2.48. The maximum atomic E-state index is 12.5. The number of benzene rings is 2. The van der Waals surface area contributed by atoms with Crippen LogP contribution in [0.1, 0.15) is 29.8 Å². The van der Waals surface area contributed by atoms with E-state index in [9.17, 15) is 9.59 Å². The number of nitrogens with one attached hydrogen (secondary N) is 2. The first-order chi connectivity index (χ1) is 12.9. The van der Waals surface area contributed by atoms with Crippen LogP contribution in [0.25, 0.3) is 0 Å². The van der Waals surface area contributed by atoms with Crippen LogP contribution in [0.5, 0.6) is 5.75 Å². The first-order valence-electron chi connectivity index (χ1n) is 8.45. The number of methoxy groups -OCH3 is 1. The van der Waals surface area contributed by atoms with E-state index in [1.165, 1.54) is 6.21 Å². The van der Waals surface area contributed by atoms with E-state index in [0.717, 1.165) is 5.56 Å². The number of rotatable bonds is 7. The summed E-state index contributed by atoms with van der Waals surface area (Å²) in [5, 5.41) is 7.01. The molecule has 2 aromatic carbocycles. The van der Waals surface area contributed by atoms with Crippen molar-refractivity contribution in [3.63, 3.8) is 0 Å². The summed E-state index contributed by atoms with van der Waals surface area (Å²) < 4.78 is 5.23. The van der Waals surface area contributed by atoms with Gasteiger partial charge in [0.2, 0.25) is 0 Å². The van der Waals surface area contributed by atoms with Crippen LogP contribution in [0, 0.1) is 5.92 Å². The Labute approximate surface area is 163 Å². The molecule has 142 valence electrons. The number of carbonyl (C=O) groups is 2. The van der Waals surface area contributed by atoms with Gasteiger partial charge < -0.3 is 10.1 Å². The molecular formula is C20H22ClN3O3. The van der Waals surface area contributed by atoms with Gasteiger partial charge in [0.15, 0.2) is 0 Å². The van der Waals surface area contributed by atoms with E-state index >= 15 is 0 Å². The largest absolute Gasteiger partial charge is 0.496 e. The second kappa shape index (κ2) is 9.73.